The SMILES string of the molecule is CCOCCCOc1ccc(S(N)(=O)=O)c2ncccc12. The standard InChI is InChI=1S/C14H18N2O4S/c1-2-19-9-4-10-20-12-6-7-13(21(15,17)18)14-11(12)5-3-8-16-14/h3,5-8H,2,4,9-10H2,1H3,(H2,15,17,18). The van der Waals surface area contributed by atoms with Gasteiger partial charge in [0.25, 0.3) is 0 Å². The summed E-state index contributed by atoms with van der Waals surface area (Å²) in [6.45, 7) is 3.72. The van der Waals surface area contributed by atoms with Crippen LogP contribution in [-0.4, -0.2) is 33.2 Å². The van der Waals surface area contributed by atoms with Gasteiger partial charge < -0.3 is 9.47 Å². The number of hydrogen-bond donors (Lipinski definition) is 1. The first-order valence-electron chi connectivity index (χ1n) is 6.65. The minimum atomic E-state index is -3.82. The molecular formula is C14H18N2O4S. The summed E-state index contributed by atoms with van der Waals surface area (Å²) in [5.41, 5.74) is 0.322. The Kier molecular flexibility index (Phi) is 5.11. The maximum Gasteiger partial charge on any atom is 0.240 e. The van der Waals surface area contributed by atoms with Crippen molar-refractivity contribution < 1.29 is 17.9 Å². The molecular weight excluding hydrogens is 292 g/mol. The Morgan fingerprint density at radius 3 is 2.76 bits per heavy atom. The van der Waals surface area contributed by atoms with Gasteiger partial charge in [-0.2, -0.15) is 0 Å². The normalized spacial score (nSPS) is 11.7. The summed E-state index contributed by atoms with van der Waals surface area (Å²) in [5.74, 6) is 0.585. The zero-order valence-electron chi connectivity index (χ0n) is 11.8. The van der Waals surface area contributed by atoms with E-state index >= 15 is 0 Å². The van der Waals surface area contributed by atoms with E-state index in [1.54, 1.807) is 18.2 Å². The van der Waals surface area contributed by atoms with Crippen molar-refractivity contribution in [3.8, 4) is 5.75 Å². The van der Waals surface area contributed by atoms with Crippen LogP contribution in [0, 0.1) is 0 Å². The minimum absolute atomic E-state index is 0.000216. The van der Waals surface area contributed by atoms with Crippen LogP contribution in [0.5, 0.6) is 5.75 Å². The van der Waals surface area contributed by atoms with Gasteiger partial charge in [-0.05, 0) is 31.2 Å². The lowest BCUT2D eigenvalue weighted by Crippen LogP contribution is -2.13. The van der Waals surface area contributed by atoms with Crippen LogP contribution in [0.25, 0.3) is 10.9 Å². The lowest BCUT2D eigenvalue weighted by Gasteiger charge is -2.11. The van der Waals surface area contributed by atoms with Gasteiger partial charge in [0.05, 0.1) is 12.1 Å². The summed E-state index contributed by atoms with van der Waals surface area (Å²) < 4.78 is 34.1. The highest BCUT2D eigenvalue weighted by molar-refractivity contribution is 7.89. The third-order valence-electron chi connectivity index (χ3n) is 2.89. The minimum Gasteiger partial charge on any atom is -0.493 e. The maximum atomic E-state index is 11.6. The molecule has 0 bridgehead atoms. The highest BCUT2D eigenvalue weighted by Crippen LogP contribution is 2.29. The first-order chi connectivity index (χ1) is 10.0. The smallest absolute Gasteiger partial charge is 0.240 e. The summed E-state index contributed by atoms with van der Waals surface area (Å²) >= 11 is 0. The molecule has 0 amide bonds. The number of nitrogens with two attached hydrogens (primary N) is 1. The van der Waals surface area contributed by atoms with Crippen molar-refractivity contribution in [1.82, 2.24) is 4.98 Å². The van der Waals surface area contributed by atoms with Gasteiger partial charge in [0.2, 0.25) is 10.0 Å². The molecule has 0 spiro atoms. The molecule has 0 radical (unpaired) electrons. The van der Waals surface area contributed by atoms with Crippen LogP contribution in [0.4, 0.5) is 0 Å². The number of fused-ring (bicyclic) bond motifs is 1. The Bertz CT molecular complexity index is 716. The fourth-order valence-electron chi connectivity index (χ4n) is 1.96. The second-order valence-corrected chi connectivity index (χ2v) is 5.94. The van der Waals surface area contributed by atoms with Gasteiger partial charge in [0.1, 0.15) is 10.6 Å². The second kappa shape index (κ2) is 6.84. The predicted octanol–water partition coefficient (Wildman–Crippen LogP) is 1.69. The fraction of sp³-hybridized carbons (Fsp3) is 0.357. The summed E-state index contributed by atoms with van der Waals surface area (Å²) in [6.07, 6.45) is 2.28. The van der Waals surface area contributed by atoms with E-state index in [2.05, 4.69) is 4.98 Å². The third kappa shape index (κ3) is 3.90. The van der Waals surface area contributed by atoms with E-state index in [4.69, 9.17) is 14.6 Å². The van der Waals surface area contributed by atoms with Gasteiger partial charge in [-0.15, -0.1) is 0 Å². The van der Waals surface area contributed by atoms with Gasteiger partial charge >= 0.3 is 0 Å². The number of hydrogen-bond acceptors (Lipinski definition) is 5. The van der Waals surface area contributed by atoms with Crippen LogP contribution in [0.2, 0.25) is 0 Å². The van der Waals surface area contributed by atoms with Crippen LogP contribution >= 0.6 is 0 Å². The maximum absolute atomic E-state index is 11.6. The molecule has 7 heteroatoms. The van der Waals surface area contributed by atoms with Crippen LogP contribution in [-0.2, 0) is 14.8 Å². The van der Waals surface area contributed by atoms with Crippen LogP contribution in [0.15, 0.2) is 35.4 Å². The van der Waals surface area contributed by atoms with Gasteiger partial charge in [-0.1, -0.05) is 0 Å². The molecule has 1 aromatic carbocycles. The Morgan fingerprint density at radius 1 is 1.24 bits per heavy atom. The number of rotatable bonds is 7. The number of aromatic nitrogens is 1. The molecule has 0 saturated heterocycles. The van der Waals surface area contributed by atoms with E-state index in [-0.39, 0.29) is 4.90 Å². The first kappa shape index (κ1) is 15.7. The van der Waals surface area contributed by atoms with Crippen LogP contribution < -0.4 is 9.88 Å². The van der Waals surface area contributed by atoms with Gasteiger partial charge in [0.15, 0.2) is 0 Å². The molecule has 0 fully saturated rings. The lowest BCUT2D eigenvalue weighted by molar-refractivity contribution is 0.131. The lowest BCUT2D eigenvalue weighted by atomic mass is 10.2. The Labute approximate surface area is 123 Å². The number of sulfonamides is 1. The molecule has 0 aliphatic rings. The second-order valence-electron chi connectivity index (χ2n) is 4.41. The number of nitrogens with zero attached hydrogens (tertiary/aromatic N) is 1. The summed E-state index contributed by atoms with van der Waals surface area (Å²) in [4.78, 5) is 4.10. The predicted molar refractivity (Wildman–Crippen MR) is 79.7 cm³/mol. The Morgan fingerprint density at radius 2 is 2.05 bits per heavy atom. The molecule has 2 rings (SSSR count). The Balaban J connectivity index is 2.26. The van der Waals surface area contributed by atoms with E-state index in [9.17, 15) is 8.42 Å². The van der Waals surface area contributed by atoms with Crippen molar-refractivity contribution in [2.24, 2.45) is 5.14 Å². The van der Waals surface area contributed by atoms with E-state index in [1.807, 2.05) is 6.92 Å². The molecule has 1 aromatic heterocycles. The number of benzene rings is 1. The molecule has 2 N–H and O–H groups in total. The molecule has 2 aromatic rings. The first-order valence-corrected chi connectivity index (χ1v) is 8.19. The summed E-state index contributed by atoms with van der Waals surface area (Å²) in [5, 5.41) is 5.83. The number of primary sulfonamides is 1. The molecule has 6 nitrogen and oxygen atoms in total. The number of pyridine rings is 1. The topological polar surface area (TPSA) is 91.5 Å². The highest BCUT2D eigenvalue weighted by atomic mass is 32.2. The van der Waals surface area contributed by atoms with E-state index in [0.717, 1.165) is 6.42 Å². The third-order valence-corrected chi connectivity index (χ3v) is 3.84. The quantitative estimate of drug-likeness (QED) is 0.786. The zero-order chi connectivity index (χ0) is 15.3. The van der Waals surface area contributed by atoms with Crippen molar-refractivity contribution in [2.75, 3.05) is 19.8 Å². The van der Waals surface area contributed by atoms with Crippen molar-refractivity contribution in [1.29, 1.82) is 0 Å². The van der Waals surface area contributed by atoms with Crippen LogP contribution in [0.1, 0.15) is 13.3 Å². The van der Waals surface area contributed by atoms with Crippen molar-refractivity contribution >= 4 is 20.9 Å². The Hall–Kier alpha value is -1.70. The molecule has 21 heavy (non-hydrogen) atoms. The largest absolute Gasteiger partial charge is 0.493 e. The number of ether oxygens (including phenoxy) is 2. The molecule has 0 atom stereocenters. The van der Waals surface area contributed by atoms with Crippen molar-refractivity contribution in [3.05, 3.63) is 30.5 Å². The highest BCUT2D eigenvalue weighted by Gasteiger charge is 2.16. The average Bonchev–Trinajstić information content (AvgIpc) is 2.45. The van der Waals surface area contributed by atoms with Crippen molar-refractivity contribution in [2.45, 2.75) is 18.2 Å². The van der Waals surface area contributed by atoms with E-state index in [0.29, 0.717) is 36.5 Å². The van der Waals surface area contributed by atoms with E-state index < -0.39 is 10.0 Å². The molecule has 114 valence electrons. The molecule has 0 aliphatic carbocycles. The summed E-state index contributed by atoms with van der Waals surface area (Å²) in [6, 6.07) is 6.50. The van der Waals surface area contributed by atoms with Gasteiger partial charge in [-0.3, -0.25) is 4.98 Å². The zero-order valence-corrected chi connectivity index (χ0v) is 12.6. The van der Waals surface area contributed by atoms with Crippen molar-refractivity contribution in [3.63, 3.8) is 0 Å². The van der Waals surface area contributed by atoms with Gasteiger partial charge in [-0.25, -0.2) is 13.6 Å². The summed E-state index contributed by atoms with van der Waals surface area (Å²) in [7, 11) is -3.82. The monoisotopic (exact) mass is 310 g/mol. The van der Waals surface area contributed by atoms with Crippen LogP contribution in [0.3, 0.4) is 0 Å². The molecule has 1 heterocycles. The average molecular weight is 310 g/mol. The molecule has 0 unspecified atom stereocenters. The molecule has 0 aliphatic heterocycles. The molecule has 0 saturated carbocycles. The van der Waals surface area contributed by atoms with Gasteiger partial charge in [0, 0.05) is 31.2 Å². The fourth-order valence-corrected chi connectivity index (χ4v) is 2.65. The van der Waals surface area contributed by atoms with E-state index in [1.165, 1.54) is 12.3 Å².